The highest BCUT2D eigenvalue weighted by Gasteiger charge is 2.28. The Bertz CT molecular complexity index is 595. The Morgan fingerprint density at radius 3 is 2.35 bits per heavy atom. The van der Waals surface area contributed by atoms with Crippen LogP contribution in [0.2, 0.25) is 0 Å². The van der Waals surface area contributed by atoms with E-state index in [1.807, 2.05) is 24.3 Å². The highest BCUT2D eigenvalue weighted by molar-refractivity contribution is 5.91. The second-order valence-corrected chi connectivity index (χ2v) is 4.66. The topological polar surface area (TPSA) is 35.2 Å². The number of hydrogen-bond acceptors (Lipinski definition) is 2. The molecule has 2 N–H and O–H groups in total. The molecule has 20 heavy (non-hydrogen) atoms. The Balaban J connectivity index is 2.35. The molecule has 108 valence electrons. The van der Waals surface area contributed by atoms with Gasteiger partial charge in [-0.05, 0) is 23.4 Å². The van der Waals surface area contributed by atoms with Crippen molar-refractivity contribution in [3.63, 3.8) is 0 Å². The summed E-state index contributed by atoms with van der Waals surface area (Å²) in [5.74, 6) is 0.687. The molecule has 0 unspecified atom stereocenters. The highest BCUT2D eigenvalue weighted by Crippen LogP contribution is 2.33. The van der Waals surface area contributed by atoms with E-state index in [4.69, 9.17) is 10.5 Å². The normalized spacial score (nSPS) is 13.4. The Labute approximate surface area is 115 Å². The van der Waals surface area contributed by atoms with Gasteiger partial charge >= 0.3 is 6.18 Å². The van der Waals surface area contributed by atoms with Crippen LogP contribution in [0.3, 0.4) is 0 Å². The third-order valence-corrected chi connectivity index (χ3v) is 3.28. The second-order valence-electron chi connectivity index (χ2n) is 4.66. The summed E-state index contributed by atoms with van der Waals surface area (Å²) in [4.78, 5) is 0. The van der Waals surface area contributed by atoms with Crippen LogP contribution in [0.25, 0.3) is 10.8 Å². The summed E-state index contributed by atoms with van der Waals surface area (Å²) in [6, 6.07) is 10.2. The Morgan fingerprint density at radius 2 is 1.75 bits per heavy atom. The first-order valence-electron chi connectivity index (χ1n) is 6.30. The molecule has 2 aromatic carbocycles. The lowest BCUT2D eigenvalue weighted by atomic mass is 9.96. The van der Waals surface area contributed by atoms with Crippen molar-refractivity contribution in [3.05, 3.63) is 42.0 Å². The standard InChI is InChI=1S/C15H16F3NO/c1-20-14-7-6-11(10-4-2-3-5-12(10)14)13(19)8-9-15(16,17)18/h2-7,13H,8-9,19H2,1H3/t13-/m0/s1. The summed E-state index contributed by atoms with van der Waals surface area (Å²) >= 11 is 0. The van der Waals surface area contributed by atoms with Gasteiger partial charge in [-0.3, -0.25) is 0 Å². The van der Waals surface area contributed by atoms with Crippen molar-refractivity contribution in [1.82, 2.24) is 0 Å². The Hall–Kier alpha value is -1.75. The molecular weight excluding hydrogens is 267 g/mol. The van der Waals surface area contributed by atoms with E-state index in [0.717, 1.165) is 10.8 Å². The maximum Gasteiger partial charge on any atom is 0.389 e. The van der Waals surface area contributed by atoms with Crippen molar-refractivity contribution in [1.29, 1.82) is 0 Å². The quantitative estimate of drug-likeness (QED) is 0.913. The van der Waals surface area contributed by atoms with Gasteiger partial charge in [-0.25, -0.2) is 0 Å². The van der Waals surface area contributed by atoms with Gasteiger partial charge in [-0.2, -0.15) is 13.2 Å². The van der Waals surface area contributed by atoms with Crippen molar-refractivity contribution in [3.8, 4) is 5.75 Å². The van der Waals surface area contributed by atoms with Gasteiger partial charge in [0.05, 0.1) is 7.11 Å². The van der Waals surface area contributed by atoms with Crippen LogP contribution >= 0.6 is 0 Å². The molecule has 0 bridgehead atoms. The van der Waals surface area contributed by atoms with Crippen LogP contribution < -0.4 is 10.5 Å². The second kappa shape index (κ2) is 5.71. The number of ether oxygens (including phenoxy) is 1. The van der Waals surface area contributed by atoms with Crippen LogP contribution in [0.5, 0.6) is 5.75 Å². The number of rotatable bonds is 4. The third-order valence-electron chi connectivity index (χ3n) is 3.28. The van der Waals surface area contributed by atoms with Gasteiger partial charge in [-0.1, -0.05) is 30.3 Å². The van der Waals surface area contributed by atoms with Gasteiger partial charge in [0.2, 0.25) is 0 Å². The maximum absolute atomic E-state index is 12.3. The first-order chi connectivity index (χ1) is 9.42. The number of halogens is 3. The molecule has 5 heteroatoms. The molecule has 1 atom stereocenters. The number of nitrogens with two attached hydrogens (primary N) is 1. The summed E-state index contributed by atoms with van der Waals surface area (Å²) < 4.78 is 42.1. The molecule has 0 fully saturated rings. The molecule has 2 aromatic rings. The van der Waals surface area contributed by atoms with Crippen molar-refractivity contribution >= 4 is 10.8 Å². The van der Waals surface area contributed by atoms with Crippen LogP contribution in [-0.4, -0.2) is 13.3 Å². The molecule has 0 radical (unpaired) electrons. The lowest BCUT2D eigenvalue weighted by Gasteiger charge is -2.17. The predicted octanol–water partition coefficient (Wildman–Crippen LogP) is 4.19. The summed E-state index contributed by atoms with van der Waals surface area (Å²) in [5.41, 5.74) is 6.63. The minimum absolute atomic E-state index is 0.125. The summed E-state index contributed by atoms with van der Waals surface area (Å²) in [5, 5.41) is 1.69. The van der Waals surface area contributed by atoms with E-state index in [1.165, 1.54) is 0 Å². The van der Waals surface area contributed by atoms with Crippen LogP contribution in [0.15, 0.2) is 36.4 Å². The first-order valence-corrected chi connectivity index (χ1v) is 6.30. The van der Waals surface area contributed by atoms with E-state index in [-0.39, 0.29) is 6.42 Å². The molecule has 0 aromatic heterocycles. The lowest BCUT2D eigenvalue weighted by Crippen LogP contribution is -2.16. The molecule has 2 nitrogen and oxygen atoms in total. The minimum atomic E-state index is -4.18. The molecule has 0 heterocycles. The van der Waals surface area contributed by atoms with Gasteiger partial charge in [0.15, 0.2) is 0 Å². The predicted molar refractivity (Wildman–Crippen MR) is 72.7 cm³/mol. The van der Waals surface area contributed by atoms with Gasteiger partial charge < -0.3 is 10.5 Å². The number of fused-ring (bicyclic) bond motifs is 1. The van der Waals surface area contributed by atoms with Crippen molar-refractivity contribution in [2.75, 3.05) is 7.11 Å². The zero-order chi connectivity index (χ0) is 14.8. The largest absolute Gasteiger partial charge is 0.496 e. The first kappa shape index (κ1) is 14.7. The fourth-order valence-electron chi connectivity index (χ4n) is 2.27. The number of alkyl halides is 3. The molecule has 0 aliphatic rings. The average Bonchev–Trinajstić information content (AvgIpc) is 2.42. The molecule has 0 aliphatic carbocycles. The molecule has 0 saturated carbocycles. The number of benzene rings is 2. The molecule has 0 spiro atoms. The zero-order valence-electron chi connectivity index (χ0n) is 11.1. The molecular formula is C15H16F3NO. The molecule has 2 rings (SSSR count). The van der Waals surface area contributed by atoms with Crippen molar-refractivity contribution < 1.29 is 17.9 Å². The van der Waals surface area contributed by atoms with Crippen LogP contribution in [0, 0.1) is 0 Å². The van der Waals surface area contributed by atoms with Crippen molar-refractivity contribution in [2.24, 2.45) is 5.73 Å². The van der Waals surface area contributed by atoms with Crippen molar-refractivity contribution in [2.45, 2.75) is 25.1 Å². The average molecular weight is 283 g/mol. The maximum atomic E-state index is 12.3. The fourth-order valence-corrected chi connectivity index (χ4v) is 2.27. The van der Waals surface area contributed by atoms with Gasteiger partial charge in [-0.15, -0.1) is 0 Å². The molecule has 0 amide bonds. The van der Waals surface area contributed by atoms with Gasteiger partial charge in [0.25, 0.3) is 0 Å². The van der Waals surface area contributed by atoms with E-state index in [9.17, 15) is 13.2 Å². The van der Waals surface area contributed by atoms with Crippen LogP contribution in [0.1, 0.15) is 24.4 Å². The summed E-state index contributed by atoms with van der Waals surface area (Å²) in [7, 11) is 1.56. The van der Waals surface area contributed by atoms with Gasteiger partial charge in [0.1, 0.15) is 5.75 Å². The summed E-state index contributed by atoms with van der Waals surface area (Å²) in [6.45, 7) is 0. The van der Waals surface area contributed by atoms with E-state index in [1.54, 1.807) is 19.2 Å². The van der Waals surface area contributed by atoms with Crippen LogP contribution in [-0.2, 0) is 0 Å². The molecule has 0 saturated heterocycles. The fraction of sp³-hybridized carbons (Fsp3) is 0.333. The zero-order valence-corrected chi connectivity index (χ0v) is 11.1. The third kappa shape index (κ3) is 3.22. The smallest absolute Gasteiger partial charge is 0.389 e. The van der Waals surface area contributed by atoms with E-state index in [0.29, 0.717) is 11.3 Å². The highest BCUT2D eigenvalue weighted by atomic mass is 19.4. The van der Waals surface area contributed by atoms with Crippen LogP contribution in [0.4, 0.5) is 13.2 Å². The van der Waals surface area contributed by atoms with Gasteiger partial charge in [0, 0.05) is 17.8 Å². The Morgan fingerprint density at radius 1 is 1.10 bits per heavy atom. The van der Waals surface area contributed by atoms with E-state index >= 15 is 0 Å². The number of methoxy groups -OCH3 is 1. The summed E-state index contributed by atoms with van der Waals surface area (Å²) in [6.07, 6.45) is -5.19. The SMILES string of the molecule is COc1ccc([C@@H](N)CCC(F)(F)F)c2ccccc12. The lowest BCUT2D eigenvalue weighted by molar-refractivity contribution is -0.136. The minimum Gasteiger partial charge on any atom is -0.496 e. The molecule has 0 aliphatic heterocycles. The van der Waals surface area contributed by atoms with E-state index in [2.05, 4.69) is 0 Å². The monoisotopic (exact) mass is 283 g/mol. The number of hydrogen-bond donors (Lipinski definition) is 1. The van der Waals surface area contributed by atoms with E-state index < -0.39 is 18.6 Å². The Kier molecular flexibility index (Phi) is 4.18.